The Labute approximate surface area is 148 Å². The molecule has 0 radical (unpaired) electrons. The lowest BCUT2D eigenvalue weighted by atomic mass is 10.1. The number of benzene rings is 1. The third-order valence-electron chi connectivity index (χ3n) is 5.28. The van der Waals surface area contributed by atoms with Crippen molar-refractivity contribution < 1.29 is 4.79 Å². The summed E-state index contributed by atoms with van der Waals surface area (Å²) in [6.07, 6.45) is 0.913. The molecule has 0 spiro atoms. The van der Waals surface area contributed by atoms with Gasteiger partial charge in [-0.3, -0.25) is 9.89 Å². The van der Waals surface area contributed by atoms with E-state index in [1.54, 1.807) is 0 Å². The molecule has 2 aliphatic rings. The normalized spacial score (nSPS) is 17.5. The summed E-state index contributed by atoms with van der Waals surface area (Å²) in [5.74, 6) is 0.0572. The van der Waals surface area contributed by atoms with Crippen LogP contribution in [0.2, 0.25) is 0 Å². The Hall–Kier alpha value is -2.34. The minimum absolute atomic E-state index is 0.0572. The molecule has 1 aromatic heterocycles. The maximum absolute atomic E-state index is 12.9. The number of H-pyrrole nitrogens is 1. The summed E-state index contributed by atoms with van der Waals surface area (Å²) in [4.78, 5) is 17.2. The monoisotopic (exact) mass is 339 g/mol. The number of nitrogens with zero attached hydrogens (tertiary/aromatic N) is 3. The van der Waals surface area contributed by atoms with E-state index >= 15 is 0 Å². The van der Waals surface area contributed by atoms with Crippen molar-refractivity contribution in [2.75, 3.05) is 37.6 Å². The Morgan fingerprint density at radius 3 is 2.76 bits per heavy atom. The third kappa shape index (κ3) is 3.02. The molecule has 0 saturated carbocycles. The second-order valence-corrected chi connectivity index (χ2v) is 7.03. The van der Waals surface area contributed by atoms with Gasteiger partial charge in [-0.25, -0.2) is 0 Å². The number of carbonyl (C=O) groups excluding carboxylic acids is 1. The van der Waals surface area contributed by atoms with Crippen molar-refractivity contribution in [3.63, 3.8) is 0 Å². The van der Waals surface area contributed by atoms with Crippen LogP contribution in [0.15, 0.2) is 18.2 Å². The number of aromatic amines is 1. The summed E-state index contributed by atoms with van der Waals surface area (Å²) in [6.45, 7) is 9.14. The molecule has 0 bridgehead atoms. The molecule has 1 aromatic carbocycles. The number of piperazine rings is 1. The van der Waals surface area contributed by atoms with Gasteiger partial charge in [-0.1, -0.05) is 12.1 Å². The Morgan fingerprint density at radius 1 is 1.16 bits per heavy atom. The lowest BCUT2D eigenvalue weighted by molar-refractivity contribution is 0.0739. The summed E-state index contributed by atoms with van der Waals surface area (Å²) in [5, 5.41) is 10.7. The van der Waals surface area contributed by atoms with Crippen molar-refractivity contribution in [3.05, 3.63) is 46.3 Å². The van der Waals surface area contributed by atoms with Crippen LogP contribution in [0.25, 0.3) is 0 Å². The molecule has 0 atom stereocenters. The van der Waals surface area contributed by atoms with Crippen LogP contribution in [0.1, 0.15) is 32.9 Å². The van der Waals surface area contributed by atoms with Crippen LogP contribution in [0.3, 0.4) is 0 Å². The Morgan fingerprint density at radius 2 is 1.96 bits per heavy atom. The number of carbonyl (C=O) groups is 1. The number of aryl methyl sites for hydroxylation is 2. The Kier molecular flexibility index (Phi) is 4.21. The highest BCUT2D eigenvalue weighted by molar-refractivity contribution is 5.94. The lowest BCUT2D eigenvalue weighted by Crippen LogP contribution is -2.49. The largest absolute Gasteiger partial charge is 0.368 e. The molecule has 1 fully saturated rings. The van der Waals surface area contributed by atoms with Crippen molar-refractivity contribution in [1.82, 2.24) is 20.4 Å². The minimum Gasteiger partial charge on any atom is -0.368 e. The molecular formula is C19H25N5O. The van der Waals surface area contributed by atoms with Crippen molar-refractivity contribution in [2.24, 2.45) is 0 Å². The fourth-order valence-corrected chi connectivity index (χ4v) is 3.76. The first kappa shape index (κ1) is 16.1. The molecule has 0 aliphatic carbocycles. The van der Waals surface area contributed by atoms with E-state index in [2.05, 4.69) is 52.5 Å². The second kappa shape index (κ2) is 6.52. The maximum Gasteiger partial charge on any atom is 0.274 e. The first-order valence-corrected chi connectivity index (χ1v) is 9.02. The number of hydrogen-bond donors (Lipinski definition) is 2. The predicted octanol–water partition coefficient (Wildman–Crippen LogP) is 1.63. The van der Waals surface area contributed by atoms with E-state index in [1.807, 2.05) is 4.90 Å². The molecule has 6 heteroatoms. The number of amides is 1. The quantitative estimate of drug-likeness (QED) is 0.873. The zero-order chi connectivity index (χ0) is 17.4. The number of nitrogens with one attached hydrogen (secondary N) is 2. The van der Waals surface area contributed by atoms with Gasteiger partial charge in [0.1, 0.15) is 0 Å². The van der Waals surface area contributed by atoms with Gasteiger partial charge in [0.2, 0.25) is 0 Å². The number of rotatable bonds is 2. The minimum atomic E-state index is 0.0572. The van der Waals surface area contributed by atoms with Crippen molar-refractivity contribution in [2.45, 2.75) is 26.8 Å². The van der Waals surface area contributed by atoms with Gasteiger partial charge in [0.05, 0.1) is 0 Å². The van der Waals surface area contributed by atoms with Crippen LogP contribution >= 0.6 is 0 Å². The SMILES string of the molecule is Cc1ccc(C)c(N2CCN(C(=O)c3n[nH]c4c3CNCC4)CC2)c1. The maximum atomic E-state index is 12.9. The van der Waals surface area contributed by atoms with Gasteiger partial charge in [-0.15, -0.1) is 0 Å². The summed E-state index contributed by atoms with van der Waals surface area (Å²) in [7, 11) is 0. The summed E-state index contributed by atoms with van der Waals surface area (Å²) in [6, 6.07) is 6.56. The van der Waals surface area contributed by atoms with Crippen LogP contribution in [-0.4, -0.2) is 53.7 Å². The van der Waals surface area contributed by atoms with Crippen LogP contribution < -0.4 is 10.2 Å². The van der Waals surface area contributed by atoms with Crippen molar-refractivity contribution >= 4 is 11.6 Å². The third-order valence-corrected chi connectivity index (χ3v) is 5.28. The van der Waals surface area contributed by atoms with Gasteiger partial charge in [-0.05, 0) is 31.0 Å². The molecule has 4 rings (SSSR count). The molecule has 2 aliphatic heterocycles. The summed E-state index contributed by atoms with van der Waals surface area (Å²) in [5.41, 5.74) is 6.60. The van der Waals surface area contributed by atoms with Crippen molar-refractivity contribution in [1.29, 1.82) is 0 Å². The Bertz CT molecular complexity index is 789. The summed E-state index contributed by atoms with van der Waals surface area (Å²) < 4.78 is 0. The Balaban J connectivity index is 1.46. The number of hydrogen-bond acceptors (Lipinski definition) is 4. The highest BCUT2D eigenvalue weighted by Gasteiger charge is 2.28. The predicted molar refractivity (Wildman–Crippen MR) is 98.0 cm³/mol. The molecule has 6 nitrogen and oxygen atoms in total. The standard InChI is InChI=1S/C19H25N5O/c1-13-3-4-14(2)17(11-13)23-7-9-24(10-8-23)19(25)18-15-12-20-6-5-16(15)21-22-18/h3-4,11,20H,5-10,12H2,1-2H3,(H,21,22). The first-order chi connectivity index (χ1) is 12.1. The second-order valence-electron chi connectivity index (χ2n) is 7.03. The van der Waals surface area contributed by atoms with E-state index in [0.717, 1.165) is 56.9 Å². The molecule has 1 amide bonds. The van der Waals surface area contributed by atoms with Crippen molar-refractivity contribution in [3.8, 4) is 0 Å². The topological polar surface area (TPSA) is 64.3 Å². The van der Waals surface area contributed by atoms with Gasteiger partial charge >= 0.3 is 0 Å². The van der Waals surface area contributed by atoms with Crippen LogP contribution in [-0.2, 0) is 13.0 Å². The van der Waals surface area contributed by atoms with Gasteiger partial charge in [0.25, 0.3) is 5.91 Å². The average molecular weight is 339 g/mol. The van der Waals surface area contributed by atoms with Crippen LogP contribution in [0, 0.1) is 13.8 Å². The van der Waals surface area contributed by atoms with Gasteiger partial charge in [0, 0.05) is 62.6 Å². The fraction of sp³-hybridized carbons (Fsp3) is 0.474. The molecule has 3 heterocycles. The van der Waals surface area contributed by atoms with E-state index in [1.165, 1.54) is 16.8 Å². The molecule has 2 aromatic rings. The fourth-order valence-electron chi connectivity index (χ4n) is 3.76. The lowest BCUT2D eigenvalue weighted by Gasteiger charge is -2.36. The average Bonchev–Trinajstić information content (AvgIpc) is 3.07. The van der Waals surface area contributed by atoms with Gasteiger partial charge in [0.15, 0.2) is 5.69 Å². The van der Waals surface area contributed by atoms with E-state index in [-0.39, 0.29) is 5.91 Å². The van der Waals surface area contributed by atoms with E-state index in [9.17, 15) is 4.79 Å². The zero-order valence-electron chi connectivity index (χ0n) is 14.9. The van der Waals surface area contributed by atoms with E-state index in [0.29, 0.717) is 5.69 Å². The highest BCUT2D eigenvalue weighted by atomic mass is 16.2. The number of aromatic nitrogens is 2. The van der Waals surface area contributed by atoms with Crippen LogP contribution in [0.4, 0.5) is 5.69 Å². The summed E-state index contributed by atoms with van der Waals surface area (Å²) >= 11 is 0. The van der Waals surface area contributed by atoms with E-state index < -0.39 is 0 Å². The molecular weight excluding hydrogens is 314 g/mol. The van der Waals surface area contributed by atoms with Crippen LogP contribution in [0.5, 0.6) is 0 Å². The number of anilines is 1. The highest BCUT2D eigenvalue weighted by Crippen LogP contribution is 2.24. The molecule has 0 unspecified atom stereocenters. The van der Waals surface area contributed by atoms with E-state index in [4.69, 9.17) is 0 Å². The molecule has 132 valence electrons. The zero-order valence-corrected chi connectivity index (χ0v) is 14.9. The molecule has 25 heavy (non-hydrogen) atoms. The smallest absolute Gasteiger partial charge is 0.274 e. The number of fused-ring (bicyclic) bond motifs is 1. The van der Waals surface area contributed by atoms with Gasteiger partial charge < -0.3 is 15.1 Å². The van der Waals surface area contributed by atoms with Gasteiger partial charge in [-0.2, -0.15) is 5.10 Å². The first-order valence-electron chi connectivity index (χ1n) is 9.02. The molecule has 1 saturated heterocycles. The molecule has 2 N–H and O–H groups in total.